The molecule has 60 heavy (non-hydrogen) atoms. The summed E-state index contributed by atoms with van der Waals surface area (Å²) >= 11 is 97.7. The van der Waals surface area contributed by atoms with E-state index < -0.39 is 233 Å². The quantitative estimate of drug-likeness (QED) is 0.0541. The number of hydrogen-bond donors (Lipinski definition) is 0. The summed E-state index contributed by atoms with van der Waals surface area (Å²) in [5, 5.41) is 0. The second-order valence-electron chi connectivity index (χ2n) is 4.75. The van der Waals surface area contributed by atoms with Crippen LogP contribution in [0.2, 0.25) is 0 Å². The number of halogens is 59. The molecule has 0 heterocycles. The Balaban J connectivity index is 5.67. The van der Waals surface area contributed by atoms with E-state index in [2.05, 4.69) is 558 Å². The molecule has 0 rings (SSSR count). The third-order valence-electron chi connectivity index (χ3n) is 2.31. The van der Waals surface area contributed by atoms with Gasteiger partial charge in [-0.3, -0.25) is 0 Å². The average Bonchev–Trinajstić information content (AvgIpc) is 3.23. The van der Waals surface area contributed by atoms with E-state index in [0.717, 1.165) is 0 Å². The van der Waals surface area contributed by atoms with Crippen molar-refractivity contribution in [1.29, 1.82) is 0 Å². The van der Waals surface area contributed by atoms with Crippen molar-refractivity contribution in [3.63, 3.8) is 0 Å². The van der Waals surface area contributed by atoms with Gasteiger partial charge in [-0.05, 0) is 0 Å². The summed E-state index contributed by atoms with van der Waals surface area (Å²) in [6, 6.07) is 0. The normalized spacial score (nSPS) is 18.9. The first kappa shape index (κ1) is 103. The Morgan fingerprint density at radius 3 is 0.300 bits per heavy atom. The monoisotopic (exact) mass is 7500 g/mol. The molecule has 0 spiro atoms. The molecule has 0 aliphatic heterocycles. The van der Waals surface area contributed by atoms with Crippen LogP contribution in [0.15, 0.2) is 0 Å². The summed E-state index contributed by atoms with van der Waals surface area (Å²) in [6.45, 7) is 0. The van der Waals surface area contributed by atoms with Gasteiger partial charge in [-0.15, -0.1) is 0 Å². The molecule has 0 amide bonds. The maximum absolute atomic E-state index is 6.70. The van der Waals surface area contributed by atoms with Crippen molar-refractivity contribution in [2.45, 2.75) is 0 Å². The van der Waals surface area contributed by atoms with Gasteiger partial charge in [-0.1, -0.05) is 0 Å². The second-order valence-corrected chi connectivity index (χ2v) is 1390. The van der Waals surface area contributed by atoms with Gasteiger partial charge < -0.3 is 0 Å². The summed E-state index contributed by atoms with van der Waals surface area (Å²) < 4.78 is 0. The Hall–Kier alpha value is 43.1. The molecule has 0 aliphatic carbocycles. The zero-order valence-corrected chi connectivity index (χ0v) is 150. The van der Waals surface area contributed by atoms with Crippen LogP contribution in [-0.4, -0.2) is 5.70 Å². The van der Waals surface area contributed by atoms with Crippen LogP contribution in [0.4, 0.5) is 0 Å². The van der Waals surface area contributed by atoms with Gasteiger partial charge in [-0.25, -0.2) is 0 Å². The Labute approximate surface area is 749 Å². The van der Waals surface area contributed by atoms with E-state index >= 15 is 0 Å². The van der Waals surface area contributed by atoms with Crippen molar-refractivity contribution in [2.75, 3.05) is 0 Å². The van der Waals surface area contributed by atoms with E-state index in [0.29, 0.717) is 0 Å². The van der Waals surface area contributed by atoms with Gasteiger partial charge in [0.25, 0.3) is 0 Å². The molecule has 0 bridgehead atoms. The first-order valence-electron chi connectivity index (χ1n) is 8.50. The molecule has 0 saturated carbocycles. The van der Waals surface area contributed by atoms with Gasteiger partial charge >= 0.3 is 797 Å². The second kappa shape index (κ2) is 61.7. The van der Waals surface area contributed by atoms with E-state index in [9.17, 15) is 0 Å². The molecule has 2 radical (unpaired) electrons. The van der Waals surface area contributed by atoms with E-state index in [-0.39, 0.29) is 0 Å². The van der Waals surface area contributed by atoms with Crippen molar-refractivity contribution < 1.29 is 0 Å². The Kier molecular flexibility index (Phi) is 106. The molecule has 0 aromatic heterocycles. The van der Waals surface area contributed by atoms with Crippen molar-refractivity contribution in [3.8, 4) is 0 Å². The van der Waals surface area contributed by atoms with Gasteiger partial charge in [0.05, 0.1) is 0 Å². The van der Waals surface area contributed by atoms with Gasteiger partial charge in [0, 0.05) is 0 Å². The summed E-state index contributed by atoms with van der Waals surface area (Å²) in [5.74, 6) is 0. The summed E-state index contributed by atoms with van der Waals surface area (Å²) in [5.41, 5.74) is 6.70. The first-order valence-corrected chi connectivity index (χ1v) is 374. The van der Waals surface area contributed by atoms with Crippen LogP contribution in [0.5, 0.6) is 0 Å². The fourth-order valence-corrected chi connectivity index (χ4v) is 11200. The standard InChI is InChI=1S/BI59/c1-32(2)34(5)36(7)38(9)40(11)42(13)44(15)46(17)48(19)50(21)52(23)54(25)56(27)58(29)60(31)59(30)57(28)55(26)53(24)51(22)49(20)47(18)45(16)43(14)41(12)39(10)37(8)35(6)33(3)4. The fourth-order valence-electron chi connectivity index (χ4n) is 0.841. The van der Waals surface area contributed by atoms with Crippen LogP contribution in [-0.2, 0) is 0 Å². The molecular formula is BI59. The fraction of sp³-hybridized carbons (Fsp3) is 0. The van der Waals surface area contributed by atoms with Crippen LogP contribution in [0.3, 0.4) is 0 Å². The molecule has 0 unspecified atom stereocenters. The molecule has 0 nitrogen and oxygen atoms in total. The van der Waals surface area contributed by atoms with Crippen LogP contribution in [0.25, 0.3) is 0 Å². The van der Waals surface area contributed by atoms with Crippen molar-refractivity contribution >= 4 is 797 Å². The van der Waals surface area contributed by atoms with E-state index in [1.807, 2.05) is 0 Å². The third kappa shape index (κ3) is 42.1. The molecular weight excluding hydrogens is 7500 g/mol. The molecule has 416 valence electrons. The number of rotatable bonds is 28. The van der Waals surface area contributed by atoms with E-state index in [1.54, 1.807) is 0 Å². The van der Waals surface area contributed by atoms with Crippen molar-refractivity contribution in [2.24, 2.45) is 0 Å². The van der Waals surface area contributed by atoms with Crippen LogP contribution in [0.1, 0.15) is 0 Å². The summed E-state index contributed by atoms with van der Waals surface area (Å²) in [7, 11) is -16.3. The van der Waals surface area contributed by atoms with Gasteiger partial charge in [-0.2, -0.15) is 0 Å². The predicted molar refractivity (Wildman–Crippen MR) is 833 cm³/mol. The molecule has 0 fully saturated rings. The summed E-state index contributed by atoms with van der Waals surface area (Å²) in [4.78, 5) is 0. The molecule has 0 atom stereocenters. The predicted octanol–water partition coefficient (Wildman–Crippen LogP) is 51.9. The van der Waals surface area contributed by atoms with Gasteiger partial charge in [0.2, 0.25) is 0 Å². The van der Waals surface area contributed by atoms with Gasteiger partial charge in [0.15, 0.2) is 0 Å². The molecule has 60 heteroatoms. The van der Waals surface area contributed by atoms with Crippen molar-refractivity contribution in [1.82, 2.24) is 0 Å². The molecule has 0 aromatic rings. The third-order valence-corrected chi connectivity index (χ3v) is 4560. The maximum atomic E-state index is 6.70. The Morgan fingerprint density at radius 2 is 0.217 bits per heavy atom. The SMILES string of the molecule is [B]I(I)I(I)I(I)I(I)I(I)I(I)I(I)I(I)I(I)I(I)I(I)I(I)I(I)I(I)I(I)I(I)I(I)I(I)I(I)I(I)I(I)I(I)I(I)I(I)I(I)I(I)I(I)I(I)I(I)I. The zero-order chi connectivity index (χ0) is 47.7. The number of hydrogen-bond acceptors (Lipinski definition) is 0. The Morgan fingerprint density at radius 1 is 0.133 bits per heavy atom. The molecule has 0 aliphatic rings. The Bertz CT molecular complexity index is 1040. The molecule has 0 saturated heterocycles. The van der Waals surface area contributed by atoms with Crippen LogP contribution < -0.4 is 0 Å². The van der Waals surface area contributed by atoms with E-state index in [1.165, 1.54) is 0 Å². The molecule has 0 N–H and O–H groups in total. The van der Waals surface area contributed by atoms with Crippen molar-refractivity contribution in [3.05, 3.63) is 0 Å². The average molecular weight is 7500 g/mol. The first-order chi connectivity index (χ1) is 27.2. The zero-order valence-electron chi connectivity index (χ0n) is 22.9. The van der Waals surface area contributed by atoms with Crippen LogP contribution >= 0.6 is 791 Å². The topological polar surface area (TPSA) is 0 Å². The van der Waals surface area contributed by atoms with Crippen LogP contribution in [0, 0.1) is 0 Å². The minimum absolute atomic E-state index is 0.475. The minimum atomic E-state index is -0.983. The summed E-state index contributed by atoms with van der Waals surface area (Å²) in [6.07, 6.45) is 0. The molecule has 0 aromatic carbocycles. The van der Waals surface area contributed by atoms with E-state index in [4.69, 9.17) is 5.70 Å². The van der Waals surface area contributed by atoms with Gasteiger partial charge in [0.1, 0.15) is 0 Å².